The Kier molecular flexibility index (Phi) is 10.7. The normalized spacial score (nSPS) is 19.0. The van der Waals surface area contributed by atoms with E-state index in [2.05, 4.69) is 31.6 Å². The van der Waals surface area contributed by atoms with Gasteiger partial charge in [-0.1, -0.05) is 30.3 Å². The fourth-order valence-corrected chi connectivity index (χ4v) is 6.84. The molecule has 5 amide bonds. The molecule has 2 heterocycles. The van der Waals surface area contributed by atoms with Gasteiger partial charge in [-0.15, -0.1) is 0 Å². The van der Waals surface area contributed by atoms with Crippen LogP contribution in [0.15, 0.2) is 63.8 Å². The van der Waals surface area contributed by atoms with Gasteiger partial charge in [-0.2, -0.15) is 0 Å². The molecule has 1 saturated heterocycles. The first kappa shape index (κ1) is 35.8. The van der Waals surface area contributed by atoms with Gasteiger partial charge >= 0.3 is 11.8 Å². The average Bonchev–Trinajstić information content (AvgIpc) is 3.71. The molecule has 7 N–H and O–H groups in total. The maximum absolute atomic E-state index is 14.7. The van der Waals surface area contributed by atoms with Gasteiger partial charge in [0.15, 0.2) is 11.4 Å². The molecule has 272 valence electrons. The quantitative estimate of drug-likeness (QED) is 0.122. The molecule has 14 nitrogen and oxygen atoms in total. The van der Waals surface area contributed by atoms with Crippen LogP contribution < -0.4 is 32.3 Å². The third kappa shape index (κ3) is 8.48. The van der Waals surface area contributed by atoms with Crippen LogP contribution in [0.3, 0.4) is 0 Å². The van der Waals surface area contributed by atoms with Crippen molar-refractivity contribution in [3.05, 3.63) is 87.7 Å². The monoisotopic (exact) mass is 714 g/mol. The Balaban J connectivity index is 1.16. The van der Waals surface area contributed by atoms with Crippen LogP contribution in [0.2, 0.25) is 0 Å². The number of aromatic amines is 1. The molecule has 0 unspecified atom stereocenters. The Morgan fingerprint density at radius 3 is 2.40 bits per heavy atom. The lowest BCUT2D eigenvalue weighted by molar-refractivity contribution is -0.130. The Hall–Kier alpha value is -5.99. The van der Waals surface area contributed by atoms with E-state index in [0.717, 1.165) is 28.3 Å². The van der Waals surface area contributed by atoms with Crippen LogP contribution in [0.5, 0.6) is 0 Å². The largest absolute Gasteiger partial charge is 0.465 e. The molecule has 2 atom stereocenters. The van der Waals surface area contributed by atoms with Crippen molar-refractivity contribution in [2.24, 2.45) is 11.8 Å². The van der Waals surface area contributed by atoms with Crippen LogP contribution in [0.1, 0.15) is 53.6 Å². The molecule has 0 spiro atoms. The van der Waals surface area contributed by atoms with E-state index >= 15 is 0 Å². The zero-order valence-corrected chi connectivity index (χ0v) is 28.3. The van der Waals surface area contributed by atoms with E-state index in [9.17, 15) is 33.2 Å². The van der Waals surface area contributed by atoms with E-state index < -0.39 is 35.7 Å². The third-order valence-electron chi connectivity index (χ3n) is 9.68. The Morgan fingerprint density at radius 1 is 0.981 bits per heavy atom. The molecule has 4 aromatic rings. The minimum absolute atomic E-state index is 0.0622. The molecule has 15 heteroatoms. The molecule has 3 aromatic carbocycles. The number of benzene rings is 3. The van der Waals surface area contributed by atoms with Crippen LogP contribution >= 0.6 is 0 Å². The number of hydrogen-bond donors (Lipinski definition) is 7. The number of fused-ring (bicyclic) bond motifs is 1. The van der Waals surface area contributed by atoms with Gasteiger partial charge in [0.25, 0.3) is 5.91 Å². The summed E-state index contributed by atoms with van der Waals surface area (Å²) < 4.78 is 19.5. The number of halogens is 1. The Labute approximate surface area is 296 Å². The number of rotatable bonds is 11. The number of carbonyl (C=O) groups excluding carboxylic acids is 4. The van der Waals surface area contributed by atoms with Crippen molar-refractivity contribution in [3.63, 3.8) is 0 Å². The fourth-order valence-electron chi connectivity index (χ4n) is 6.84. The van der Waals surface area contributed by atoms with Crippen molar-refractivity contribution in [1.82, 2.24) is 26.3 Å². The van der Waals surface area contributed by atoms with E-state index in [0.29, 0.717) is 50.8 Å². The number of carbonyl (C=O) groups is 5. The van der Waals surface area contributed by atoms with E-state index in [-0.39, 0.29) is 52.8 Å². The summed E-state index contributed by atoms with van der Waals surface area (Å²) in [5.74, 6) is -3.37. The third-order valence-corrected chi connectivity index (χ3v) is 9.68. The number of oxazole rings is 1. The smallest absolute Gasteiger partial charge is 0.417 e. The van der Waals surface area contributed by atoms with Gasteiger partial charge in [0.1, 0.15) is 12.1 Å². The maximum Gasteiger partial charge on any atom is 0.417 e. The second-order valence-corrected chi connectivity index (χ2v) is 13.3. The van der Waals surface area contributed by atoms with Crippen molar-refractivity contribution in [1.29, 1.82) is 0 Å². The number of hydrogen-bond acceptors (Lipinski definition) is 7. The number of aryl methyl sites for hydroxylation is 1. The fraction of sp³-hybridized carbons (Fsp3) is 0.351. The van der Waals surface area contributed by atoms with E-state index in [1.165, 1.54) is 6.07 Å². The van der Waals surface area contributed by atoms with E-state index in [1.54, 1.807) is 12.1 Å². The summed E-state index contributed by atoms with van der Waals surface area (Å²) in [6.07, 6.45) is 1.93. The maximum atomic E-state index is 14.7. The molecule has 2 fully saturated rings. The number of H-pyrrole nitrogens is 1. The SMILES string of the molecule is Cc1cc(C(=O)N[C@H]2CCNC2=O)ccc1-c1ccc(C[C@H](NC(=O)[C@H]2CC[C@H](CNC(=O)O)CC2)C(=O)Nc2cc(F)c3oc(=O)[nH]c3c2)cc1. The summed E-state index contributed by atoms with van der Waals surface area (Å²) in [5, 5.41) is 22.3. The lowest BCUT2D eigenvalue weighted by atomic mass is 9.81. The zero-order valence-electron chi connectivity index (χ0n) is 28.3. The van der Waals surface area contributed by atoms with Crippen molar-refractivity contribution in [2.75, 3.05) is 18.4 Å². The molecule has 0 bridgehead atoms. The van der Waals surface area contributed by atoms with Gasteiger partial charge in [0.2, 0.25) is 17.7 Å². The van der Waals surface area contributed by atoms with Gasteiger partial charge in [0, 0.05) is 42.7 Å². The van der Waals surface area contributed by atoms with Crippen molar-refractivity contribution in [3.8, 4) is 11.1 Å². The summed E-state index contributed by atoms with van der Waals surface area (Å²) in [6.45, 7) is 2.72. The molecule has 1 aromatic heterocycles. The second kappa shape index (κ2) is 15.5. The minimum atomic E-state index is -1.09. The van der Waals surface area contributed by atoms with Crippen LogP contribution in [-0.2, 0) is 20.8 Å². The van der Waals surface area contributed by atoms with Gasteiger partial charge in [-0.05, 0) is 85.4 Å². The Morgan fingerprint density at radius 2 is 1.73 bits per heavy atom. The lowest BCUT2D eigenvalue weighted by Gasteiger charge is -2.29. The molecule has 2 aliphatic rings. The summed E-state index contributed by atoms with van der Waals surface area (Å²) in [6, 6.07) is 13.5. The summed E-state index contributed by atoms with van der Waals surface area (Å²) >= 11 is 0. The van der Waals surface area contributed by atoms with Crippen molar-refractivity contribution in [2.45, 2.75) is 57.5 Å². The lowest BCUT2D eigenvalue weighted by Crippen LogP contribution is -2.48. The number of amides is 5. The van der Waals surface area contributed by atoms with E-state index in [1.807, 2.05) is 37.3 Å². The molecule has 52 heavy (non-hydrogen) atoms. The van der Waals surface area contributed by atoms with Crippen LogP contribution in [0, 0.1) is 24.6 Å². The summed E-state index contributed by atoms with van der Waals surface area (Å²) in [5.41, 5.74) is 3.62. The first-order valence-corrected chi connectivity index (χ1v) is 17.1. The second-order valence-electron chi connectivity index (χ2n) is 13.3. The highest BCUT2D eigenvalue weighted by Gasteiger charge is 2.30. The molecular formula is C37H39FN6O8. The number of carboxylic acid groups (broad SMARTS) is 1. The predicted molar refractivity (Wildman–Crippen MR) is 188 cm³/mol. The zero-order chi connectivity index (χ0) is 36.9. The topological polar surface area (TPSA) is 212 Å². The van der Waals surface area contributed by atoms with Gasteiger partial charge in [-0.25, -0.2) is 14.0 Å². The van der Waals surface area contributed by atoms with Crippen LogP contribution in [0.4, 0.5) is 14.9 Å². The average molecular weight is 715 g/mol. The molecule has 1 aliphatic heterocycles. The van der Waals surface area contributed by atoms with Gasteiger partial charge in [-0.3, -0.25) is 24.2 Å². The highest BCUT2D eigenvalue weighted by molar-refractivity contribution is 5.99. The molecule has 1 aliphatic carbocycles. The summed E-state index contributed by atoms with van der Waals surface area (Å²) in [4.78, 5) is 76.6. The van der Waals surface area contributed by atoms with Gasteiger partial charge in [0.05, 0.1) is 5.52 Å². The number of anilines is 1. The first-order valence-electron chi connectivity index (χ1n) is 17.1. The molecule has 0 radical (unpaired) electrons. The van der Waals surface area contributed by atoms with Crippen LogP contribution in [-0.4, -0.2) is 65.0 Å². The van der Waals surface area contributed by atoms with Crippen molar-refractivity contribution < 1.29 is 37.9 Å². The standard InChI is InChI=1S/C37H39FN6O8/c1-19-14-24(33(46)42-28-12-13-39-34(28)47)10-11-26(19)22-6-2-20(3-7-22)15-30(43-32(45)23-8-4-21(5-9-23)18-40-36(49)50)35(48)41-25-16-27(38)31-29(17-25)44-37(51)52-31/h2-3,6-7,10-11,14,16-17,21,23,28,30,40H,4-5,8-9,12-13,15,18H2,1H3,(H,39,47)(H,41,48)(H,42,46)(H,43,45)(H,44,51)(H,49,50)/t21-,23-,28-,30-/m0/s1. The summed E-state index contributed by atoms with van der Waals surface area (Å²) in [7, 11) is 0. The molecule has 1 saturated carbocycles. The number of nitrogens with one attached hydrogen (secondary N) is 6. The highest BCUT2D eigenvalue weighted by Crippen LogP contribution is 2.29. The molecular weight excluding hydrogens is 675 g/mol. The van der Waals surface area contributed by atoms with Crippen LogP contribution in [0.25, 0.3) is 22.2 Å². The van der Waals surface area contributed by atoms with Crippen molar-refractivity contribution >= 4 is 46.5 Å². The Bertz CT molecular complexity index is 2070. The minimum Gasteiger partial charge on any atom is -0.465 e. The molecule has 6 rings (SSSR count). The van der Waals surface area contributed by atoms with Gasteiger partial charge < -0.3 is 36.1 Å². The number of aromatic nitrogens is 1. The first-order chi connectivity index (χ1) is 24.9. The highest BCUT2D eigenvalue weighted by atomic mass is 19.1. The predicted octanol–water partition coefficient (Wildman–Crippen LogP) is 3.59. The van der Waals surface area contributed by atoms with E-state index in [4.69, 9.17) is 9.52 Å².